The average molecular weight is 477 g/mol. The first-order chi connectivity index (χ1) is 15.9. The number of nitrogens with one attached hydrogen (secondary N) is 1. The molecule has 1 heterocycles. The normalized spacial score (nSPS) is 18.0. The number of carboxylic acids is 1. The minimum absolute atomic E-state index is 0.0350. The zero-order valence-electron chi connectivity index (χ0n) is 17.4. The van der Waals surface area contributed by atoms with Crippen LogP contribution in [0.4, 0.5) is 13.6 Å². The number of ether oxygens (including phenoxy) is 1. The molecule has 1 saturated heterocycles. The summed E-state index contributed by atoms with van der Waals surface area (Å²) in [5.41, 5.74) is 4.06. The minimum atomic E-state index is -2.87. The van der Waals surface area contributed by atoms with Crippen LogP contribution in [0.5, 0.6) is 0 Å². The molecule has 2 N–H and O–H groups in total. The van der Waals surface area contributed by atoms with Crippen molar-refractivity contribution in [2.45, 2.75) is 30.8 Å². The van der Waals surface area contributed by atoms with E-state index in [0.29, 0.717) is 0 Å². The Morgan fingerprint density at radius 3 is 2.27 bits per heavy atom. The molecule has 2 amide bonds. The fraction of sp³-hybridized carbons (Fsp3) is 0.348. The van der Waals surface area contributed by atoms with Gasteiger partial charge in [0, 0.05) is 18.1 Å². The number of rotatable bonds is 7. The van der Waals surface area contributed by atoms with E-state index in [1.807, 2.05) is 48.5 Å². The standard InChI is InChI=1S/C23H22F2N2O5S/c24-20(25)9-18(21(28)27-12-33-11-19(27)22(29)30)26-23(31)32-10-17-15-7-3-1-5-13(15)14-6-2-4-8-16(14)17/h1-8,17-20H,9-12H2,(H,26,31)(H,29,30)/t18?,19-/m0/s1. The first-order valence-corrected chi connectivity index (χ1v) is 11.5. The largest absolute Gasteiger partial charge is 0.480 e. The van der Waals surface area contributed by atoms with Gasteiger partial charge in [0.25, 0.3) is 0 Å². The van der Waals surface area contributed by atoms with E-state index in [0.717, 1.165) is 27.2 Å². The molecule has 0 radical (unpaired) electrons. The Kier molecular flexibility index (Phi) is 6.83. The number of nitrogens with zero attached hydrogens (tertiary/aromatic N) is 1. The highest BCUT2D eigenvalue weighted by atomic mass is 32.2. The second-order valence-electron chi connectivity index (χ2n) is 7.81. The van der Waals surface area contributed by atoms with E-state index < -0.39 is 42.9 Å². The number of hydrogen-bond acceptors (Lipinski definition) is 5. The van der Waals surface area contributed by atoms with Gasteiger partial charge in [-0.1, -0.05) is 48.5 Å². The van der Waals surface area contributed by atoms with Crippen LogP contribution in [0.15, 0.2) is 48.5 Å². The van der Waals surface area contributed by atoms with Crippen LogP contribution in [0.1, 0.15) is 23.5 Å². The molecule has 2 atom stereocenters. The van der Waals surface area contributed by atoms with Crippen LogP contribution >= 0.6 is 11.8 Å². The van der Waals surface area contributed by atoms with Crippen LogP contribution in [0.25, 0.3) is 11.1 Å². The van der Waals surface area contributed by atoms with Crippen molar-refractivity contribution < 1.29 is 33.0 Å². The molecule has 2 aromatic rings. The van der Waals surface area contributed by atoms with Gasteiger partial charge in [-0.2, -0.15) is 0 Å². The topological polar surface area (TPSA) is 95.9 Å². The molecule has 0 saturated carbocycles. The van der Waals surface area contributed by atoms with Crippen LogP contribution in [0, 0.1) is 0 Å². The Labute approximate surface area is 193 Å². The number of amides is 2. The molecule has 10 heteroatoms. The monoisotopic (exact) mass is 476 g/mol. The van der Waals surface area contributed by atoms with E-state index >= 15 is 0 Å². The van der Waals surface area contributed by atoms with Crippen LogP contribution in [0.3, 0.4) is 0 Å². The van der Waals surface area contributed by atoms with Gasteiger partial charge in [-0.3, -0.25) is 4.79 Å². The highest BCUT2D eigenvalue weighted by Crippen LogP contribution is 2.44. The molecule has 7 nitrogen and oxygen atoms in total. The molecule has 1 fully saturated rings. The molecular weight excluding hydrogens is 454 g/mol. The quantitative estimate of drug-likeness (QED) is 0.635. The molecule has 1 aliphatic heterocycles. The predicted molar refractivity (Wildman–Crippen MR) is 118 cm³/mol. The third-order valence-electron chi connectivity index (χ3n) is 5.80. The van der Waals surface area contributed by atoms with Crippen molar-refractivity contribution in [1.82, 2.24) is 10.2 Å². The van der Waals surface area contributed by atoms with Crippen LogP contribution in [0.2, 0.25) is 0 Å². The number of thioether (sulfide) groups is 1. The molecule has 2 aliphatic rings. The van der Waals surface area contributed by atoms with Gasteiger partial charge in [0.15, 0.2) is 0 Å². The zero-order chi connectivity index (χ0) is 23.5. The lowest BCUT2D eigenvalue weighted by Gasteiger charge is -2.26. The van der Waals surface area contributed by atoms with E-state index in [2.05, 4.69) is 5.32 Å². The fourth-order valence-corrected chi connectivity index (χ4v) is 5.40. The number of halogens is 2. The van der Waals surface area contributed by atoms with Crippen LogP contribution < -0.4 is 5.32 Å². The number of benzene rings is 2. The van der Waals surface area contributed by atoms with Gasteiger partial charge in [-0.25, -0.2) is 18.4 Å². The van der Waals surface area contributed by atoms with E-state index in [-0.39, 0.29) is 24.2 Å². The van der Waals surface area contributed by atoms with E-state index in [1.165, 1.54) is 11.8 Å². The first kappa shape index (κ1) is 23.0. The predicted octanol–water partition coefficient (Wildman–Crippen LogP) is 3.54. The summed E-state index contributed by atoms with van der Waals surface area (Å²) in [4.78, 5) is 37.6. The number of carbonyl (C=O) groups is 3. The number of carbonyl (C=O) groups excluding carboxylic acids is 2. The average Bonchev–Trinajstić information content (AvgIpc) is 3.40. The fourth-order valence-electron chi connectivity index (χ4n) is 4.25. The summed E-state index contributed by atoms with van der Waals surface area (Å²) in [5.74, 6) is -2.08. The lowest BCUT2D eigenvalue weighted by atomic mass is 9.98. The molecule has 1 aliphatic carbocycles. The molecule has 174 valence electrons. The van der Waals surface area contributed by atoms with Crippen molar-refractivity contribution in [2.75, 3.05) is 18.2 Å². The minimum Gasteiger partial charge on any atom is -0.480 e. The number of fused-ring (bicyclic) bond motifs is 3. The van der Waals surface area contributed by atoms with E-state index in [1.54, 1.807) is 0 Å². The third-order valence-corrected chi connectivity index (χ3v) is 6.81. The first-order valence-electron chi connectivity index (χ1n) is 10.4. The van der Waals surface area contributed by atoms with E-state index in [4.69, 9.17) is 4.74 Å². The van der Waals surface area contributed by atoms with Gasteiger partial charge >= 0.3 is 12.1 Å². The molecule has 0 bridgehead atoms. The summed E-state index contributed by atoms with van der Waals surface area (Å²) >= 11 is 1.21. The second-order valence-corrected chi connectivity index (χ2v) is 8.81. The number of aliphatic carboxylic acids is 1. The summed E-state index contributed by atoms with van der Waals surface area (Å²) in [6.45, 7) is -0.0350. The summed E-state index contributed by atoms with van der Waals surface area (Å²) in [5, 5.41) is 11.5. The Bertz CT molecular complexity index is 1020. The van der Waals surface area contributed by atoms with Gasteiger partial charge in [0.2, 0.25) is 12.3 Å². The number of alkyl halides is 2. The number of carboxylic acid groups (broad SMARTS) is 1. The molecule has 0 aromatic heterocycles. The smallest absolute Gasteiger partial charge is 0.407 e. The van der Waals surface area contributed by atoms with Gasteiger partial charge in [-0.15, -0.1) is 11.8 Å². The molecule has 2 aromatic carbocycles. The molecule has 0 spiro atoms. The Morgan fingerprint density at radius 2 is 1.70 bits per heavy atom. The Morgan fingerprint density at radius 1 is 1.09 bits per heavy atom. The van der Waals surface area contributed by atoms with Gasteiger partial charge in [-0.05, 0) is 22.3 Å². The molecular formula is C23H22F2N2O5S. The lowest BCUT2D eigenvalue weighted by molar-refractivity contribution is -0.148. The highest BCUT2D eigenvalue weighted by molar-refractivity contribution is 7.99. The van der Waals surface area contributed by atoms with Gasteiger partial charge < -0.3 is 20.1 Å². The van der Waals surface area contributed by atoms with Crippen LogP contribution in [-0.2, 0) is 14.3 Å². The summed E-state index contributed by atoms with van der Waals surface area (Å²) in [7, 11) is 0. The van der Waals surface area contributed by atoms with Gasteiger partial charge in [0.05, 0.1) is 5.88 Å². The maximum Gasteiger partial charge on any atom is 0.407 e. The molecule has 1 unspecified atom stereocenters. The highest BCUT2D eigenvalue weighted by Gasteiger charge is 2.39. The SMILES string of the molecule is O=C(NC(CC(F)F)C(=O)N1CSC[C@H]1C(=O)O)OCC1c2ccccc2-c2ccccc21. The molecule has 33 heavy (non-hydrogen) atoms. The lowest BCUT2D eigenvalue weighted by Crippen LogP contribution is -2.52. The van der Waals surface area contributed by atoms with Gasteiger partial charge in [0.1, 0.15) is 18.7 Å². The van der Waals surface area contributed by atoms with Crippen molar-refractivity contribution in [3.8, 4) is 11.1 Å². The Hall–Kier alpha value is -3.14. The summed E-state index contributed by atoms with van der Waals surface area (Å²) in [6, 6.07) is 12.8. The van der Waals surface area contributed by atoms with Crippen molar-refractivity contribution >= 4 is 29.7 Å². The maximum atomic E-state index is 13.1. The van der Waals surface area contributed by atoms with Crippen molar-refractivity contribution in [3.05, 3.63) is 59.7 Å². The van der Waals surface area contributed by atoms with E-state index in [9.17, 15) is 28.3 Å². The summed E-state index contributed by atoms with van der Waals surface area (Å²) < 4.78 is 31.6. The van der Waals surface area contributed by atoms with Crippen molar-refractivity contribution in [3.63, 3.8) is 0 Å². The van der Waals surface area contributed by atoms with Crippen molar-refractivity contribution in [2.24, 2.45) is 0 Å². The maximum absolute atomic E-state index is 13.1. The number of alkyl carbamates (subject to hydrolysis) is 1. The Balaban J connectivity index is 1.44. The third kappa shape index (κ3) is 4.80. The number of hydrogen-bond donors (Lipinski definition) is 2. The summed E-state index contributed by atoms with van der Waals surface area (Å²) in [6.07, 6.45) is -4.81. The second kappa shape index (κ2) is 9.78. The van der Waals surface area contributed by atoms with Crippen LogP contribution in [-0.4, -0.2) is 64.7 Å². The zero-order valence-corrected chi connectivity index (χ0v) is 18.3. The molecule has 4 rings (SSSR count). The van der Waals surface area contributed by atoms with Crippen molar-refractivity contribution in [1.29, 1.82) is 0 Å².